The average Bonchev–Trinajstić information content (AvgIpc) is 2.66. The SMILES string of the molecule is C[C@H](NC(=O)COC(=O)CCOc1ccccc1)C12CC3CC(CC(C3)C1)C2. The normalized spacial score (nSPS) is 31.2. The smallest absolute Gasteiger partial charge is 0.309 e. The Hall–Kier alpha value is -2.04. The molecule has 5 heteroatoms. The van der Waals surface area contributed by atoms with Gasteiger partial charge in [-0.25, -0.2) is 0 Å². The predicted molar refractivity (Wildman–Crippen MR) is 106 cm³/mol. The first-order chi connectivity index (χ1) is 13.5. The fraction of sp³-hybridized carbons (Fsp3) is 0.652. The van der Waals surface area contributed by atoms with Crippen molar-refractivity contribution in [2.75, 3.05) is 13.2 Å². The summed E-state index contributed by atoms with van der Waals surface area (Å²) < 4.78 is 10.6. The Bertz CT molecular complexity index is 667. The molecule has 4 fully saturated rings. The van der Waals surface area contributed by atoms with Crippen LogP contribution in [0.15, 0.2) is 30.3 Å². The molecule has 4 saturated carbocycles. The molecule has 5 rings (SSSR count). The molecule has 1 N–H and O–H groups in total. The first-order valence-corrected chi connectivity index (χ1v) is 10.7. The van der Waals surface area contributed by atoms with Gasteiger partial charge in [0, 0.05) is 6.04 Å². The Kier molecular flexibility index (Phi) is 5.61. The molecule has 152 valence electrons. The fourth-order valence-electron chi connectivity index (χ4n) is 6.13. The third-order valence-corrected chi connectivity index (χ3v) is 7.06. The Morgan fingerprint density at radius 3 is 2.29 bits per heavy atom. The molecule has 0 radical (unpaired) electrons. The van der Waals surface area contributed by atoms with Crippen LogP contribution in [0.5, 0.6) is 5.75 Å². The van der Waals surface area contributed by atoms with Crippen LogP contribution in [0.1, 0.15) is 51.9 Å². The van der Waals surface area contributed by atoms with Gasteiger partial charge in [0.15, 0.2) is 6.61 Å². The zero-order valence-corrected chi connectivity index (χ0v) is 16.7. The van der Waals surface area contributed by atoms with Gasteiger partial charge in [0.1, 0.15) is 5.75 Å². The minimum absolute atomic E-state index is 0.132. The maximum Gasteiger partial charge on any atom is 0.309 e. The number of esters is 1. The van der Waals surface area contributed by atoms with Gasteiger partial charge in [0.25, 0.3) is 5.91 Å². The maximum absolute atomic E-state index is 12.3. The van der Waals surface area contributed by atoms with E-state index in [1.165, 1.54) is 38.5 Å². The van der Waals surface area contributed by atoms with Gasteiger partial charge < -0.3 is 14.8 Å². The molecule has 4 bridgehead atoms. The summed E-state index contributed by atoms with van der Waals surface area (Å²) >= 11 is 0. The number of carbonyl (C=O) groups excluding carboxylic acids is 2. The lowest BCUT2D eigenvalue weighted by atomic mass is 9.48. The van der Waals surface area contributed by atoms with Crippen molar-refractivity contribution in [3.63, 3.8) is 0 Å². The second-order valence-corrected chi connectivity index (χ2v) is 9.14. The van der Waals surface area contributed by atoms with Gasteiger partial charge in [0.05, 0.1) is 13.0 Å². The van der Waals surface area contributed by atoms with Crippen LogP contribution < -0.4 is 10.1 Å². The number of ether oxygens (including phenoxy) is 2. The molecular formula is C23H31NO4. The third-order valence-electron chi connectivity index (χ3n) is 7.06. The maximum atomic E-state index is 12.3. The number of hydrogen-bond acceptors (Lipinski definition) is 4. The number of para-hydroxylation sites is 1. The zero-order valence-electron chi connectivity index (χ0n) is 16.7. The Morgan fingerprint density at radius 1 is 1.07 bits per heavy atom. The highest BCUT2D eigenvalue weighted by atomic mass is 16.5. The summed E-state index contributed by atoms with van der Waals surface area (Å²) in [5, 5.41) is 3.13. The molecule has 1 aromatic carbocycles. The van der Waals surface area contributed by atoms with Gasteiger partial charge in [-0.1, -0.05) is 18.2 Å². The quantitative estimate of drug-likeness (QED) is 0.693. The standard InChI is InChI=1S/C23H31NO4/c1-16(23-12-17-9-18(13-23)11-19(10-17)14-23)24-21(25)15-28-22(26)7-8-27-20-5-3-2-4-6-20/h2-6,16-19H,7-15H2,1H3,(H,24,25)/t16-,17?,18?,19?,23?/m0/s1. The number of carbonyl (C=O) groups is 2. The van der Waals surface area contributed by atoms with E-state index in [4.69, 9.17) is 9.47 Å². The molecule has 1 amide bonds. The van der Waals surface area contributed by atoms with Crippen molar-refractivity contribution in [1.29, 1.82) is 0 Å². The Balaban J connectivity index is 1.18. The van der Waals surface area contributed by atoms with E-state index in [2.05, 4.69) is 12.2 Å². The summed E-state index contributed by atoms with van der Waals surface area (Å²) in [6.07, 6.45) is 8.05. The van der Waals surface area contributed by atoms with Crippen molar-refractivity contribution < 1.29 is 19.1 Å². The highest BCUT2D eigenvalue weighted by Gasteiger charge is 2.53. The van der Waals surface area contributed by atoms with Crippen LogP contribution in [0, 0.1) is 23.2 Å². The van der Waals surface area contributed by atoms with Crippen LogP contribution >= 0.6 is 0 Å². The molecule has 0 aliphatic heterocycles. The lowest BCUT2D eigenvalue weighted by Gasteiger charge is -2.59. The molecular weight excluding hydrogens is 354 g/mol. The van der Waals surface area contributed by atoms with E-state index < -0.39 is 5.97 Å². The first kappa shape index (κ1) is 19.3. The zero-order chi connectivity index (χ0) is 19.6. The molecule has 1 atom stereocenters. The molecule has 4 aliphatic rings. The summed E-state index contributed by atoms with van der Waals surface area (Å²) in [4.78, 5) is 24.2. The van der Waals surface area contributed by atoms with Crippen molar-refractivity contribution in [2.24, 2.45) is 23.2 Å². The van der Waals surface area contributed by atoms with Crippen molar-refractivity contribution in [2.45, 2.75) is 57.9 Å². The van der Waals surface area contributed by atoms with Crippen LogP contribution in [-0.4, -0.2) is 31.1 Å². The van der Waals surface area contributed by atoms with E-state index in [1.54, 1.807) is 0 Å². The number of nitrogens with one attached hydrogen (secondary N) is 1. The molecule has 1 aromatic rings. The molecule has 4 aliphatic carbocycles. The molecule has 0 spiro atoms. The van der Waals surface area contributed by atoms with Crippen molar-refractivity contribution in [1.82, 2.24) is 5.32 Å². The monoisotopic (exact) mass is 385 g/mol. The van der Waals surface area contributed by atoms with E-state index >= 15 is 0 Å². The lowest BCUT2D eigenvalue weighted by molar-refractivity contribution is -0.150. The molecule has 0 unspecified atom stereocenters. The van der Waals surface area contributed by atoms with E-state index in [-0.39, 0.29) is 37.0 Å². The van der Waals surface area contributed by atoms with Crippen LogP contribution in [0.4, 0.5) is 0 Å². The number of hydrogen-bond donors (Lipinski definition) is 1. The van der Waals surface area contributed by atoms with Crippen LogP contribution in [0.3, 0.4) is 0 Å². The molecule has 0 saturated heterocycles. The summed E-state index contributed by atoms with van der Waals surface area (Å²) in [6, 6.07) is 9.49. The second-order valence-electron chi connectivity index (χ2n) is 9.14. The van der Waals surface area contributed by atoms with Gasteiger partial charge in [-0.2, -0.15) is 0 Å². The van der Waals surface area contributed by atoms with Crippen LogP contribution in [-0.2, 0) is 14.3 Å². The Morgan fingerprint density at radius 2 is 1.68 bits per heavy atom. The average molecular weight is 386 g/mol. The number of benzene rings is 1. The molecule has 28 heavy (non-hydrogen) atoms. The highest BCUT2D eigenvalue weighted by molar-refractivity contribution is 5.80. The van der Waals surface area contributed by atoms with Gasteiger partial charge in [-0.3, -0.25) is 9.59 Å². The predicted octanol–water partition coefficient (Wildman–Crippen LogP) is 3.72. The van der Waals surface area contributed by atoms with E-state index in [0.717, 1.165) is 23.5 Å². The van der Waals surface area contributed by atoms with Crippen molar-refractivity contribution >= 4 is 11.9 Å². The molecule has 0 heterocycles. The van der Waals surface area contributed by atoms with E-state index in [0.29, 0.717) is 0 Å². The number of amides is 1. The van der Waals surface area contributed by atoms with Crippen LogP contribution in [0.25, 0.3) is 0 Å². The van der Waals surface area contributed by atoms with Gasteiger partial charge in [0.2, 0.25) is 0 Å². The van der Waals surface area contributed by atoms with Gasteiger partial charge >= 0.3 is 5.97 Å². The summed E-state index contributed by atoms with van der Waals surface area (Å²) in [5.74, 6) is 2.68. The molecule has 0 aromatic heterocycles. The second kappa shape index (κ2) is 8.14. The van der Waals surface area contributed by atoms with E-state index in [9.17, 15) is 9.59 Å². The topological polar surface area (TPSA) is 64.6 Å². The number of rotatable bonds is 8. The summed E-state index contributed by atoms with van der Waals surface area (Å²) in [6.45, 7) is 2.18. The van der Waals surface area contributed by atoms with E-state index in [1.807, 2.05) is 30.3 Å². The van der Waals surface area contributed by atoms with Crippen LogP contribution in [0.2, 0.25) is 0 Å². The Labute approximate surface area is 167 Å². The summed E-state index contributed by atoms with van der Waals surface area (Å²) in [7, 11) is 0. The lowest BCUT2D eigenvalue weighted by Crippen LogP contribution is -2.56. The van der Waals surface area contributed by atoms with Gasteiger partial charge in [-0.15, -0.1) is 0 Å². The summed E-state index contributed by atoms with van der Waals surface area (Å²) in [5.41, 5.74) is 0.262. The minimum Gasteiger partial charge on any atom is -0.493 e. The fourth-order valence-corrected chi connectivity index (χ4v) is 6.13. The van der Waals surface area contributed by atoms with Crippen molar-refractivity contribution in [3.8, 4) is 5.75 Å². The largest absolute Gasteiger partial charge is 0.493 e. The molecule has 5 nitrogen and oxygen atoms in total. The minimum atomic E-state index is -0.409. The third kappa shape index (κ3) is 4.34. The van der Waals surface area contributed by atoms with Gasteiger partial charge in [-0.05, 0) is 80.8 Å². The first-order valence-electron chi connectivity index (χ1n) is 10.7. The highest BCUT2D eigenvalue weighted by Crippen LogP contribution is 2.61. The van der Waals surface area contributed by atoms with Crippen molar-refractivity contribution in [3.05, 3.63) is 30.3 Å².